The van der Waals surface area contributed by atoms with Crippen molar-refractivity contribution < 1.29 is 17.2 Å². The third-order valence-electron chi connectivity index (χ3n) is 4.24. The van der Waals surface area contributed by atoms with Crippen molar-refractivity contribution >= 4 is 26.0 Å². The second-order valence-electron chi connectivity index (χ2n) is 6.22. The molecule has 2 aromatic carbocycles. The summed E-state index contributed by atoms with van der Waals surface area (Å²) in [6.07, 6.45) is 1.54. The van der Waals surface area contributed by atoms with Crippen LogP contribution in [0.2, 0.25) is 0 Å². The van der Waals surface area contributed by atoms with Crippen LogP contribution in [0.4, 0.5) is 4.39 Å². The normalized spacial score (nSPS) is 14.6. The van der Waals surface area contributed by atoms with E-state index >= 15 is 0 Å². The minimum Gasteiger partial charge on any atom is -0.419 e. The van der Waals surface area contributed by atoms with Gasteiger partial charge in [0.05, 0.1) is 17.0 Å². The summed E-state index contributed by atoms with van der Waals surface area (Å²) in [5.41, 5.74) is 0.732. The lowest BCUT2D eigenvalue weighted by molar-refractivity contribution is 0.351. The zero-order valence-corrected chi connectivity index (χ0v) is 16.5. The Morgan fingerprint density at radius 1 is 1.11 bits per heavy atom. The summed E-state index contributed by atoms with van der Waals surface area (Å²) in [4.78, 5) is 0.0429. The zero-order chi connectivity index (χ0) is 19.0. The maximum atomic E-state index is 13.1. The van der Waals surface area contributed by atoms with Crippen LogP contribution in [0.15, 0.2) is 62.3 Å². The Labute approximate surface area is 164 Å². The molecule has 0 unspecified atom stereocenters. The fraction of sp³-hybridized carbons (Fsp3) is 0.222. The van der Waals surface area contributed by atoms with Crippen molar-refractivity contribution in [3.05, 3.63) is 64.7 Å². The van der Waals surface area contributed by atoms with Crippen molar-refractivity contribution in [3.63, 3.8) is 0 Å². The van der Waals surface area contributed by atoms with Gasteiger partial charge in [-0.25, -0.2) is 12.8 Å². The summed E-state index contributed by atoms with van der Waals surface area (Å²) < 4.78 is 46.9. The van der Waals surface area contributed by atoms with Gasteiger partial charge in [-0.3, -0.25) is 0 Å². The van der Waals surface area contributed by atoms with Crippen molar-refractivity contribution in [3.8, 4) is 11.5 Å². The first-order valence-electron chi connectivity index (χ1n) is 8.30. The van der Waals surface area contributed by atoms with E-state index in [2.05, 4.69) is 26.1 Å². The van der Waals surface area contributed by atoms with E-state index in [1.165, 1.54) is 16.4 Å². The standard InChI is InChI=1S/C18H15BrFN3O3S/c19-16-4-2-1-3-15(16)18-22-21-17(26-18)11-23(13-7-8-13)27(24,25)14-9-5-12(20)6-10-14/h1-6,9-10,13H,7-8,11H2. The minimum absolute atomic E-state index is 0.0260. The molecule has 0 amide bonds. The maximum Gasteiger partial charge on any atom is 0.248 e. The van der Waals surface area contributed by atoms with Crippen LogP contribution in [-0.2, 0) is 16.6 Å². The molecule has 0 aliphatic heterocycles. The van der Waals surface area contributed by atoms with Gasteiger partial charge >= 0.3 is 0 Å². The zero-order valence-electron chi connectivity index (χ0n) is 14.0. The number of aromatic nitrogens is 2. The van der Waals surface area contributed by atoms with Gasteiger partial charge in [0, 0.05) is 10.5 Å². The third kappa shape index (κ3) is 3.80. The first-order chi connectivity index (χ1) is 12.9. The number of hydrogen-bond acceptors (Lipinski definition) is 5. The molecule has 1 aromatic heterocycles. The monoisotopic (exact) mass is 451 g/mol. The molecule has 27 heavy (non-hydrogen) atoms. The number of hydrogen-bond donors (Lipinski definition) is 0. The molecule has 0 N–H and O–H groups in total. The molecule has 9 heteroatoms. The average Bonchev–Trinajstić information content (AvgIpc) is 3.38. The summed E-state index contributed by atoms with van der Waals surface area (Å²) in [7, 11) is -3.79. The number of nitrogens with zero attached hydrogens (tertiary/aromatic N) is 3. The van der Waals surface area contributed by atoms with E-state index in [1.54, 1.807) is 0 Å². The maximum absolute atomic E-state index is 13.1. The van der Waals surface area contributed by atoms with E-state index in [9.17, 15) is 12.8 Å². The van der Waals surface area contributed by atoms with Crippen LogP contribution in [-0.4, -0.2) is 29.0 Å². The Bertz CT molecular complexity index is 1070. The van der Waals surface area contributed by atoms with Crippen LogP contribution >= 0.6 is 15.9 Å². The smallest absolute Gasteiger partial charge is 0.248 e. The SMILES string of the molecule is O=S(=O)(c1ccc(F)cc1)N(Cc1nnc(-c2ccccc2Br)o1)C1CC1. The van der Waals surface area contributed by atoms with Crippen LogP contribution in [0.25, 0.3) is 11.5 Å². The van der Waals surface area contributed by atoms with Gasteiger partial charge in [-0.2, -0.15) is 4.31 Å². The topological polar surface area (TPSA) is 76.3 Å². The quantitative estimate of drug-likeness (QED) is 0.566. The van der Waals surface area contributed by atoms with E-state index in [4.69, 9.17) is 4.42 Å². The van der Waals surface area contributed by atoms with E-state index in [-0.39, 0.29) is 23.4 Å². The number of halogens is 2. The highest BCUT2D eigenvalue weighted by Crippen LogP contribution is 2.34. The average molecular weight is 452 g/mol. The fourth-order valence-corrected chi connectivity index (χ4v) is 4.80. The van der Waals surface area contributed by atoms with Crippen molar-refractivity contribution in [2.45, 2.75) is 30.3 Å². The van der Waals surface area contributed by atoms with Crippen molar-refractivity contribution in [2.75, 3.05) is 0 Å². The number of sulfonamides is 1. The lowest BCUT2D eigenvalue weighted by atomic mass is 10.2. The molecule has 1 saturated carbocycles. The molecular formula is C18H15BrFN3O3S. The van der Waals surface area contributed by atoms with Gasteiger partial charge in [0.2, 0.25) is 21.8 Å². The van der Waals surface area contributed by atoms with Crippen LogP contribution in [0, 0.1) is 5.82 Å². The second-order valence-corrected chi connectivity index (χ2v) is 8.96. The molecule has 1 aliphatic rings. The molecule has 1 fully saturated rings. The Morgan fingerprint density at radius 3 is 2.48 bits per heavy atom. The summed E-state index contributed by atoms with van der Waals surface area (Å²) in [5.74, 6) is 0.0349. The molecule has 4 rings (SSSR count). The van der Waals surface area contributed by atoms with Crippen LogP contribution in [0.5, 0.6) is 0 Å². The first kappa shape index (κ1) is 18.3. The minimum atomic E-state index is -3.79. The molecule has 1 aliphatic carbocycles. The Kier molecular flexibility index (Phi) is 4.83. The van der Waals surface area contributed by atoms with Gasteiger partial charge < -0.3 is 4.42 Å². The fourth-order valence-electron chi connectivity index (χ4n) is 2.71. The Hall–Kier alpha value is -2.10. The molecule has 140 valence electrons. The predicted octanol–water partition coefficient (Wildman–Crippen LogP) is 3.99. The van der Waals surface area contributed by atoms with Crippen molar-refractivity contribution in [1.29, 1.82) is 0 Å². The molecule has 3 aromatic rings. The van der Waals surface area contributed by atoms with Gasteiger partial charge in [-0.05, 0) is 65.2 Å². The number of rotatable bonds is 6. The lowest BCUT2D eigenvalue weighted by Gasteiger charge is -2.20. The molecule has 0 spiro atoms. The molecule has 0 bridgehead atoms. The van der Waals surface area contributed by atoms with Crippen LogP contribution < -0.4 is 0 Å². The van der Waals surface area contributed by atoms with Crippen LogP contribution in [0.3, 0.4) is 0 Å². The van der Waals surface area contributed by atoms with Gasteiger partial charge in [-0.15, -0.1) is 10.2 Å². The Balaban J connectivity index is 1.62. The van der Waals surface area contributed by atoms with E-state index in [0.29, 0.717) is 5.89 Å². The summed E-state index contributed by atoms with van der Waals surface area (Å²) in [6, 6.07) is 12.1. The molecule has 0 saturated heterocycles. The van der Waals surface area contributed by atoms with Gasteiger partial charge in [0.1, 0.15) is 5.82 Å². The third-order valence-corrected chi connectivity index (χ3v) is 6.84. The molecule has 1 heterocycles. The molecular weight excluding hydrogens is 437 g/mol. The van der Waals surface area contributed by atoms with Gasteiger partial charge in [0.15, 0.2) is 0 Å². The first-order valence-corrected chi connectivity index (χ1v) is 10.5. The highest BCUT2D eigenvalue weighted by Gasteiger charge is 2.39. The summed E-state index contributed by atoms with van der Waals surface area (Å²) in [5, 5.41) is 8.03. The summed E-state index contributed by atoms with van der Waals surface area (Å²) in [6.45, 7) is -0.0260. The van der Waals surface area contributed by atoms with Crippen molar-refractivity contribution in [2.24, 2.45) is 0 Å². The van der Waals surface area contributed by atoms with E-state index < -0.39 is 15.8 Å². The van der Waals surface area contributed by atoms with Gasteiger partial charge in [-0.1, -0.05) is 12.1 Å². The summed E-state index contributed by atoms with van der Waals surface area (Å²) >= 11 is 3.43. The largest absolute Gasteiger partial charge is 0.419 e. The number of benzene rings is 2. The molecule has 0 radical (unpaired) electrons. The second kappa shape index (κ2) is 7.14. The lowest BCUT2D eigenvalue weighted by Crippen LogP contribution is -2.32. The molecule has 0 atom stereocenters. The molecule has 6 nitrogen and oxygen atoms in total. The Morgan fingerprint density at radius 2 is 1.81 bits per heavy atom. The van der Waals surface area contributed by atoms with E-state index in [0.717, 1.165) is 35.0 Å². The highest BCUT2D eigenvalue weighted by atomic mass is 79.9. The van der Waals surface area contributed by atoms with E-state index in [1.807, 2.05) is 24.3 Å². The highest BCUT2D eigenvalue weighted by molar-refractivity contribution is 9.10. The predicted molar refractivity (Wildman–Crippen MR) is 99.6 cm³/mol. The van der Waals surface area contributed by atoms with Gasteiger partial charge in [0.25, 0.3) is 0 Å². The van der Waals surface area contributed by atoms with Crippen LogP contribution in [0.1, 0.15) is 18.7 Å². The van der Waals surface area contributed by atoms with Crippen molar-refractivity contribution in [1.82, 2.24) is 14.5 Å².